The Morgan fingerprint density at radius 3 is 2.07 bits per heavy atom. The fourth-order valence-corrected chi connectivity index (χ4v) is 2.06. The minimum atomic E-state index is -2.48. The van der Waals surface area contributed by atoms with Gasteiger partial charge in [-0.3, -0.25) is 0 Å². The first-order valence-electron chi connectivity index (χ1n) is 5.06. The van der Waals surface area contributed by atoms with Crippen molar-refractivity contribution in [3.05, 3.63) is 11.1 Å². The molecule has 0 atom stereocenters. The lowest BCUT2D eigenvalue weighted by Gasteiger charge is -2.08. The van der Waals surface area contributed by atoms with Gasteiger partial charge in [0.1, 0.15) is 0 Å². The van der Waals surface area contributed by atoms with Gasteiger partial charge in [0.25, 0.3) is 0 Å². The van der Waals surface area contributed by atoms with E-state index in [9.17, 15) is 13.9 Å². The Morgan fingerprint density at radius 2 is 1.73 bits per heavy atom. The summed E-state index contributed by atoms with van der Waals surface area (Å²) in [6, 6.07) is 0. The maximum absolute atomic E-state index is 11.5. The molecule has 0 aliphatic heterocycles. The van der Waals surface area contributed by atoms with Crippen LogP contribution in [0, 0.1) is 0 Å². The topological polar surface area (TPSA) is 60.4 Å². The fraction of sp³-hybridized carbons (Fsp3) is 0.700. The van der Waals surface area contributed by atoms with E-state index in [1.54, 1.807) is 6.92 Å². The van der Waals surface area contributed by atoms with Crippen LogP contribution in [0.2, 0.25) is 0 Å². The fourth-order valence-electron chi connectivity index (χ4n) is 1.33. The van der Waals surface area contributed by atoms with Crippen LogP contribution in [-0.4, -0.2) is 18.7 Å². The van der Waals surface area contributed by atoms with Crippen LogP contribution in [0.25, 0.3) is 0 Å². The summed E-state index contributed by atoms with van der Waals surface area (Å²) in [5.74, 6) is -0.395. The zero-order valence-electron chi connectivity index (χ0n) is 9.41. The van der Waals surface area contributed by atoms with Gasteiger partial charge in [-0.15, -0.1) is 0 Å². The molecule has 0 aliphatic rings. The van der Waals surface area contributed by atoms with Gasteiger partial charge in [-0.1, -0.05) is 13.8 Å². The molecule has 0 saturated heterocycles. The lowest BCUT2D eigenvalue weighted by Crippen LogP contribution is -2.10. The average molecular weight is 232 g/mol. The molecule has 0 rings (SSSR count). The van der Waals surface area contributed by atoms with E-state index in [0.29, 0.717) is 30.6 Å². The number of allylic oxidation sites excluding steroid dienone is 1. The quantitative estimate of drug-likeness (QED) is 0.401. The molecule has 0 aromatic rings. The van der Waals surface area contributed by atoms with E-state index in [1.165, 1.54) is 0 Å². The molecule has 0 amide bonds. The van der Waals surface area contributed by atoms with Gasteiger partial charge in [-0.25, -0.2) is 13.9 Å². The second-order valence-electron chi connectivity index (χ2n) is 3.00. The Bertz CT molecular complexity index is 307. The van der Waals surface area contributed by atoms with Crippen LogP contribution in [0.5, 0.6) is 0 Å². The highest BCUT2D eigenvalue weighted by atomic mass is 31.1. The molecular weight excluding hydrogens is 215 g/mol. The minimum absolute atomic E-state index is 0.0478. The van der Waals surface area contributed by atoms with Crippen molar-refractivity contribution in [1.82, 2.24) is 0 Å². The molecule has 0 bridgehead atoms. The Morgan fingerprint density at radius 1 is 1.13 bits per heavy atom. The van der Waals surface area contributed by atoms with E-state index in [-0.39, 0.29) is 6.16 Å². The Kier molecular flexibility index (Phi) is 6.97. The van der Waals surface area contributed by atoms with Crippen LogP contribution >= 0.6 is 7.68 Å². The van der Waals surface area contributed by atoms with E-state index >= 15 is 0 Å². The zero-order valence-corrected chi connectivity index (χ0v) is 10.3. The predicted molar refractivity (Wildman–Crippen MR) is 57.4 cm³/mol. The standard InChI is InChI=1S/C10H17O4P/c1-4-8(7-15(12)13)9(5-2)10(11)14-6-3/h4-7H2,1-3H3/b9-8+. The van der Waals surface area contributed by atoms with Gasteiger partial charge in [0.2, 0.25) is 0 Å². The molecule has 0 radical (unpaired) electrons. The first kappa shape index (κ1) is 14.1. The SMILES string of the molecule is CCOC(=O)/C(CC)=C(\CC)CP(=O)=O. The maximum Gasteiger partial charge on any atom is 0.333 e. The summed E-state index contributed by atoms with van der Waals surface area (Å²) in [4.78, 5) is 11.5. The van der Waals surface area contributed by atoms with Crippen molar-refractivity contribution in [1.29, 1.82) is 0 Å². The summed E-state index contributed by atoms with van der Waals surface area (Å²) < 4.78 is 26.1. The Labute approximate surface area is 90.5 Å². The van der Waals surface area contributed by atoms with Gasteiger partial charge >= 0.3 is 13.6 Å². The van der Waals surface area contributed by atoms with Gasteiger partial charge in [-0.2, -0.15) is 0 Å². The summed E-state index contributed by atoms with van der Waals surface area (Å²) in [5.41, 5.74) is 1.16. The molecule has 15 heavy (non-hydrogen) atoms. The molecule has 0 heterocycles. The van der Waals surface area contributed by atoms with E-state index < -0.39 is 13.6 Å². The summed E-state index contributed by atoms with van der Waals surface area (Å²) in [6.45, 7) is 5.69. The van der Waals surface area contributed by atoms with Crippen molar-refractivity contribution in [2.75, 3.05) is 12.8 Å². The van der Waals surface area contributed by atoms with Crippen molar-refractivity contribution in [2.45, 2.75) is 33.6 Å². The Hall–Kier alpha value is -0.890. The van der Waals surface area contributed by atoms with Crippen LogP contribution in [0.3, 0.4) is 0 Å². The highest BCUT2D eigenvalue weighted by Gasteiger charge is 2.14. The number of carbonyl (C=O) groups is 1. The van der Waals surface area contributed by atoms with Crippen LogP contribution in [0.15, 0.2) is 11.1 Å². The number of hydrogen-bond acceptors (Lipinski definition) is 4. The second kappa shape index (κ2) is 7.41. The molecule has 0 saturated carbocycles. The van der Waals surface area contributed by atoms with E-state index in [2.05, 4.69) is 0 Å². The molecule has 4 nitrogen and oxygen atoms in total. The van der Waals surface area contributed by atoms with Gasteiger partial charge in [0, 0.05) is 5.57 Å². The number of esters is 1. The normalized spacial score (nSPS) is 11.9. The predicted octanol–water partition coefficient (Wildman–Crippen LogP) is 2.84. The van der Waals surface area contributed by atoms with Gasteiger partial charge in [-0.05, 0) is 25.3 Å². The van der Waals surface area contributed by atoms with E-state index in [1.807, 2.05) is 13.8 Å². The molecular formula is C10H17O4P. The third-order valence-corrected chi connectivity index (χ3v) is 2.69. The first-order valence-corrected chi connectivity index (χ1v) is 6.42. The molecule has 0 aromatic carbocycles. The number of carbonyl (C=O) groups excluding carboxylic acids is 1. The Balaban J connectivity index is 4.96. The molecule has 5 heteroatoms. The van der Waals surface area contributed by atoms with Crippen molar-refractivity contribution < 1.29 is 18.7 Å². The molecule has 0 aromatic heterocycles. The van der Waals surface area contributed by atoms with Gasteiger partial charge in [0.15, 0.2) is 0 Å². The second-order valence-corrected chi connectivity index (χ2v) is 3.98. The maximum atomic E-state index is 11.5. The van der Waals surface area contributed by atoms with E-state index in [4.69, 9.17) is 4.74 Å². The lowest BCUT2D eigenvalue weighted by atomic mass is 10.1. The van der Waals surface area contributed by atoms with Gasteiger partial charge < -0.3 is 4.74 Å². The molecule has 86 valence electrons. The smallest absolute Gasteiger partial charge is 0.333 e. The third-order valence-electron chi connectivity index (χ3n) is 2.05. The van der Waals surface area contributed by atoms with Crippen LogP contribution in [-0.2, 0) is 18.7 Å². The van der Waals surface area contributed by atoms with E-state index in [0.717, 1.165) is 0 Å². The summed E-state index contributed by atoms with van der Waals surface area (Å²) in [5, 5.41) is 0. The van der Waals surface area contributed by atoms with Crippen molar-refractivity contribution >= 4 is 13.6 Å². The zero-order chi connectivity index (χ0) is 11.8. The molecule has 0 spiro atoms. The largest absolute Gasteiger partial charge is 0.463 e. The molecule has 0 fully saturated rings. The average Bonchev–Trinajstić information content (AvgIpc) is 2.17. The van der Waals surface area contributed by atoms with Crippen LogP contribution < -0.4 is 0 Å². The third kappa shape index (κ3) is 4.93. The van der Waals surface area contributed by atoms with Crippen molar-refractivity contribution in [2.24, 2.45) is 0 Å². The number of ether oxygens (including phenoxy) is 1. The summed E-state index contributed by atoms with van der Waals surface area (Å²) >= 11 is 0. The lowest BCUT2D eigenvalue weighted by molar-refractivity contribution is -0.138. The van der Waals surface area contributed by atoms with Gasteiger partial charge in [0.05, 0.1) is 12.8 Å². The highest BCUT2D eigenvalue weighted by molar-refractivity contribution is 7.31. The summed E-state index contributed by atoms with van der Waals surface area (Å²) in [7, 11) is -2.48. The first-order chi connectivity index (χ1) is 7.06. The van der Waals surface area contributed by atoms with Crippen LogP contribution in [0.4, 0.5) is 0 Å². The van der Waals surface area contributed by atoms with Crippen molar-refractivity contribution in [3.63, 3.8) is 0 Å². The molecule has 0 unspecified atom stereocenters. The number of rotatable bonds is 6. The minimum Gasteiger partial charge on any atom is -0.463 e. The molecule has 0 N–H and O–H groups in total. The molecule has 0 aliphatic carbocycles. The summed E-state index contributed by atoms with van der Waals surface area (Å²) in [6.07, 6.45) is 1.02. The monoisotopic (exact) mass is 232 g/mol. The van der Waals surface area contributed by atoms with Crippen LogP contribution in [0.1, 0.15) is 33.6 Å². The highest BCUT2D eigenvalue weighted by Crippen LogP contribution is 2.20. The van der Waals surface area contributed by atoms with Crippen molar-refractivity contribution in [3.8, 4) is 0 Å². The number of hydrogen-bond donors (Lipinski definition) is 0.